The first kappa shape index (κ1) is 13.0. The maximum atomic E-state index is 4.19. The summed E-state index contributed by atoms with van der Waals surface area (Å²) in [5.41, 5.74) is 3.69. The Labute approximate surface area is 112 Å². The Morgan fingerprint density at radius 1 is 1.22 bits per heavy atom. The van der Waals surface area contributed by atoms with Gasteiger partial charge in [0.25, 0.3) is 0 Å². The van der Waals surface area contributed by atoms with Crippen LogP contribution in [0.15, 0.2) is 23.4 Å². The first-order chi connectivity index (χ1) is 8.63. The summed E-state index contributed by atoms with van der Waals surface area (Å²) < 4.78 is 2.02. The van der Waals surface area contributed by atoms with Crippen LogP contribution in [0.4, 0.5) is 5.69 Å². The summed E-state index contributed by atoms with van der Waals surface area (Å²) in [4.78, 5) is 0. The highest BCUT2D eigenvalue weighted by Crippen LogP contribution is 2.20. The molecular weight excluding hydrogens is 244 g/mol. The van der Waals surface area contributed by atoms with Crippen LogP contribution in [0.5, 0.6) is 0 Å². The van der Waals surface area contributed by atoms with Crippen molar-refractivity contribution in [1.29, 1.82) is 0 Å². The molecule has 96 valence electrons. The van der Waals surface area contributed by atoms with E-state index in [2.05, 4.69) is 47.6 Å². The van der Waals surface area contributed by atoms with Crippen LogP contribution in [0.25, 0.3) is 0 Å². The second-order valence-electron chi connectivity index (χ2n) is 4.28. The second-order valence-corrected chi connectivity index (χ2v) is 5.06. The lowest BCUT2D eigenvalue weighted by molar-refractivity contribution is 0.745. The average Bonchev–Trinajstić information content (AvgIpc) is 2.70. The maximum Gasteiger partial charge on any atom is 0.190 e. The van der Waals surface area contributed by atoms with Gasteiger partial charge in [0.1, 0.15) is 0 Å². The molecule has 0 atom stereocenters. The molecule has 0 aliphatic heterocycles. The number of aromatic nitrogens is 3. The Morgan fingerprint density at radius 2 is 1.89 bits per heavy atom. The quantitative estimate of drug-likeness (QED) is 0.860. The van der Waals surface area contributed by atoms with Crippen LogP contribution >= 0.6 is 11.8 Å². The van der Waals surface area contributed by atoms with E-state index in [4.69, 9.17) is 0 Å². The molecule has 0 radical (unpaired) electrons. The van der Waals surface area contributed by atoms with Crippen molar-refractivity contribution in [2.24, 2.45) is 7.05 Å². The van der Waals surface area contributed by atoms with Gasteiger partial charge in [0, 0.05) is 12.7 Å². The molecule has 4 nitrogen and oxygen atoms in total. The van der Waals surface area contributed by atoms with E-state index in [0.717, 1.165) is 11.0 Å². The number of nitrogens with one attached hydrogen (secondary N) is 1. The van der Waals surface area contributed by atoms with Gasteiger partial charge in [-0.2, -0.15) is 0 Å². The molecule has 2 rings (SSSR count). The summed E-state index contributed by atoms with van der Waals surface area (Å²) in [5, 5.41) is 12.7. The zero-order valence-corrected chi connectivity index (χ0v) is 12.0. The van der Waals surface area contributed by atoms with Gasteiger partial charge < -0.3 is 9.88 Å². The third-order valence-electron chi connectivity index (χ3n) is 3.01. The topological polar surface area (TPSA) is 42.7 Å². The lowest BCUT2D eigenvalue weighted by Crippen LogP contribution is -2.08. The summed E-state index contributed by atoms with van der Waals surface area (Å²) in [7, 11) is 1.99. The highest BCUT2D eigenvalue weighted by atomic mass is 32.2. The zero-order chi connectivity index (χ0) is 13.1. The molecule has 0 fully saturated rings. The van der Waals surface area contributed by atoms with Gasteiger partial charge in [-0.15, -0.1) is 10.2 Å². The maximum absolute atomic E-state index is 4.19. The van der Waals surface area contributed by atoms with Crippen molar-refractivity contribution in [2.45, 2.75) is 25.5 Å². The standard InChI is InChI=1S/C13H18N4S/c1-9-6-5-7-10(2)12(9)14-8-11-15-16-13(18-4)17(11)3/h5-7,14H,8H2,1-4H3. The van der Waals surface area contributed by atoms with Crippen LogP contribution in [0.3, 0.4) is 0 Å². The fourth-order valence-corrected chi connectivity index (χ4v) is 2.44. The number of aryl methyl sites for hydroxylation is 2. The largest absolute Gasteiger partial charge is 0.377 e. The monoisotopic (exact) mass is 262 g/mol. The number of rotatable bonds is 4. The molecule has 0 amide bonds. The van der Waals surface area contributed by atoms with Crippen molar-refractivity contribution in [3.8, 4) is 0 Å². The molecule has 1 aromatic carbocycles. The molecule has 5 heteroatoms. The smallest absolute Gasteiger partial charge is 0.190 e. The molecule has 1 heterocycles. The van der Waals surface area contributed by atoms with Crippen molar-refractivity contribution in [3.63, 3.8) is 0 Å². The first-order valence-corrected chi connectivity index (χ1v) is 7.08. The number of thioether (sulfide) groups is 1. The Bertz CT molecular complexity index is 528. The average molecular weight is 262 g/mol. The minimum atomic E-state index is 0.690. The zero-order valence-electron chi connectivity index (χ0n) is 11.2. The summed E-state index contributed by atoms with van der Waals surface area (Å²) >= 11 is 1.61. The lowest BCUT2D eigenvalue weighted by atomic mass is 10.1. The van der Waals surface area contributed by atoms with Gasteiger partial charge in [0.15, 0.2) is 11.0 Å². The summed E-state index contributed by atoms with van der Waals surface area (Å²) in [6, 6.07) is 6.29. The normalized spacial score (nSPS) is 10.7. The third-order valence-corrected chi connectivity index (χ3v) is 3.73. The molecule has 0 saturated carbocycles. The highest BCUT2D eigenvalue weighted by Gasteiger charge is 2.08. The Hall–Kier alpha value is -1.49. The van der Waals surface area contributed by atoms with Crippen molar-refractivity contribution in [2.75, 3.05) is 11.6 Å². The number of hydrogen-bond donors (Lipinski definition) is 1. The molecule has 1 aromatic heterocycles. The fourth-order valence-electron chi connectivity index (χ4n) is 1.94. The molecule has 18 heavy (non-hydrogen) atoms. The van der Waals surface area contributed by atoms with Crippen molar-refractivity contribution >= 4 is 17.4 Å². The van der Waals surface area contributed by atoms with Gasteiger partial charge in [-0.05, 0) is 31.2 Å². The van der Waals surface area contributed by atoms with E-state index in [1.54, 1.807) is 11.8 Å². The summed E-state index contributed by atoms with van der Waals surface area (Å²) in [6.45, 7) is 4.91. The number of para-hydroxylation sites is 1. The fraction of sp³-hybridized carbons (Fsp3) is 0.385. The first-order valence-electron chi connectivity index (χ1n) is 5.86. The molecule has 0 bridgehead atoms. The number of nitrogens with zero attached hydrogens (tertiary/aromatic N) is 3. The van der Waals surface area contributed by atoms with Gasteiger partial charge in [-0.3, -0.25) is 0 Å². The number of benzene rings is 1. The predicted molar refractivity (Wildman–Crippen MR) is 76.0 cm³/mol. The minimum absolute atomic E-state index is 0.690. The van der Waals surface area contributed by atoms with E-state index >= 15 is 0 Å². The Balaban J connectivity index is 2.14. The number of anilines is 1. The van der Waals surface area contributed by atoms with Crippen LogP contribution in [-0.4, -0.2) is 21.0 Å². The third kappa shape index (κ3) is 2.51. The molecule has 0 spiro atoms. The predicted octanol–water partition coefficient (Wildman–Crippen LogP) is 2.77. The van der Waals surface area contributed by atoms with E-state index < -0.39 is 0 Å². The Morgan fingerprint density at radius 3 is 2.44 bits per heavy atom. The van der Waals surface area contributed by atoms with E-state index in [1.165, 1.54) is 16.8 Å². The molecule has 0 saturated heterocycles. The molecule has 0 unspecified atom stereocenters. The van der Waals surface area contributed by atoms with Crippen molar-refractivity contribution < 1.29 is 0 Å². The summed E-state index contributed by atoms with van der Waals surface area (Å²) in [6.07, 6.45) is 2.01. The van der Waals surface area contributed by atoms with E-state index in [1.807, 2.05) is 17.9 Å². The highest BCUT2D eigenvalue weighted by molar-refractivity contribution is 7.98. The van der Waals surface area contributed by atoms with Crippen molar-refractivity contribution in [1.82, 2.24) is 14.8 Å². The van der Waals surface area contributed by atoms with Crippen LogP contribution in [-0.2, 0) is 13.6 Å². The van der Waals surface area contributed by atoms with Gasteiger partial charge in [0.05, 0.1) is 6.54 Å². The SMILES string of the molecule is CSc1nnc(CNc2c(C)cccc2C)n1C. The van der Waals surface area contributed by atoms with Gasteiger partial charge in [-0.1, -0.05) is 30.0 Å². The molecule has 1 N–H and O–H groups in total. The molecular formula is C13H18N4S. The van der Waals surface area contributed by atoms with Crippen LogP contribution in [0.1, 0.15) is 17.0 Å². The minimum Gasteiger partial charge on any atom is -0.377 e. The van der Waals surface area contributed by atoms with Gasteiger partial charge in [-0.25, -0.2) is 0 Å². The van der Waals surface area contributed by atoms with E-state index in [-0.39, 0.29) is 0 Å². The summed E-state index contributed by atoms with van der Waals surface area (Å²) in [5.74, 6) is 0.946. The molecule has 2 aromatic rings. The van der Waals surface area contributed by atoms with Crippen molar-refractivity contribution in [3.05, 3.63) is 35.2 Å². The van der Waals surface area contributed by atoms with E-state index in [9.17, 15) is 0 Å². The van der Waals surface area contributed by atoms with Crippen LogP contribution < -0.4 is 5.32 Å². The molecule has 0 aliphatic rings. The van der Waals surface area contributed by atoms with Crippen LogP contribution in [0, 0.1) is 13.8 Å². The lowest BCUT2D eigenvalue weighted by Gasteiger charge is -2.12. The molecule has 0 aliphatic carbocycles. The Kier molecular flexibility index (Phi) is 3.91. The van der Waals surface area contributed by atoms with Gasteiger partial charge in [0.2, 0.25) is 0 Å². The van der Waals surface area contributed by atoms with Crippen LogP contribution in [0.2, 0.25) is 0 Å². The second kappa shape index (κ2) is 5.44. The van der Waals surface area contributed by atoms with E-state index in [0.29, 0.717) is 6.54 Å². The van der Waals surface area contributed by atoms with Gasteiger partial charge >= 0.3 is 0 Å². The number of hydrogen-bond acceptors (Lipinski definition) is 4.